The second kappa shape index (κ2) is 7.83. The molecule has 3 aromatic heterocycles. The summed E-state index contributed by atoms with van der Waals surface area (Å²) in [5.41, 5.74) is 1.09. The maximum absolute atomic E-state index is 12.4. The number of nitrogens with one attached hydrogen (secondary N) is 1. The maximum Gasteiger partial charge on any atom is 0.278 e. The van der Waals surface area contributed by atoms with E-state index in [9.17, 15) is 4.79 Å². The van der Waals surface area contributed by atoms with Gasteiger partial charge in [0.2, 0.25) is 5.95 Å². The van der Waals surface area contributed by atoms with Crippen LogP contribution in [0.4, 0.5) is 5.95 Å². The molecule has 0 atom stereocenters. The first-order valence-corrected chi connectivity index (χ1v) is 8.98. The van der Waals surface area contributed by atoms with Gasteiger partial charge in [0.1, 0.15) is 13.0 Å². The van der Waals surface area contributed by atoms with Gasteiger partial charge in [-0.2, -0.15) is 10.2 Å². The molecule has 1 aromatic carbocycles. The van der Waals surface area contributed by atoms with Gasteiger partial charge in [-0.3, -0.25) is 19.5 Å². The van der Waals surface area contributed by atoms with Crippen molar-refractivity contribution in [2.24, 2.45) is 0 Å². The normalized spacial score (nSPS) is 10.9. The summed E-state index contributed by atoms with van der Waals surface area (Å²) in [6, 6.07) is 8.66. The van der Waals surface area contributed by atoms with Crippen LogP contribution in [0.1, 0.15) is 16.1 Å². The molecule has 0 saturated heterocycles. The summed E-state index contributed by atoms with van der Waals surface area (Å²) in [6.07, 6.45) is 6.70. The van der Waals surface area contributed by atoms with E-state index in [0.717, 1.165) is 5.56 Å². The Hall–Kier alpha value is -3.17. The molecule has 0 bridgehead atoms. The van der Waals surface area contributed by atoms with Crippen molar-refractivity contribution in [2.45, 2.75) is 13.2 Å². The molecule has 3 heterocycles. The average Bonchev–Trinajstić information content (AvgIpc) is 3.40. The van der Waals surface area contributed by atoms with Crippen LogP contribution in [0.2, 0.25) is 10.0 Å². The SMILES string of the molecule is O=C(Nc1ncn(Cc2ccc(Cl)cc2Cl)n1)c1ccn(Cn2cccn2)n1. The van der Waals surface area contributed by atoms with Crippen molar-refractivity contribution in [1.82, 2.24) is 34.3 Å². The molecule has 0 unspecified atom stereocenters. The predicted octanol–water partition coefficient (Wildman–Crippen LogP) is 2.78. The zero-order chi connectivity index (χ0) is 19.5. The summed E-state index contributed by atoms with van der Waals surface area (Å²) in [5.74, 6) is -0.224. The van der Waals surface area contributed by atoms with E-state index in [1.807, 2.05) is 18.3 Å². The molecule has 0 saturated carbocycles. The van der Waals surface area contributed by atoms with Gasteiger partial charge in [-0.05, 0) is 29.8 Å². The Kier molecular flexibility index (Phi) is 5.09. The third kappa shape index (κ3) is 4.21. The summed E-state index contributed by atoms with van der Waals surface area (Å²) >= 11 is 12.1. The minimum Gasteiger partial charge on any atom is -0.288 e. The van der Waals surface area contributed by atoms with E-state index in [1.54, 1.807) is 44.6 Å². The van der Waals surface area contributed by atoms with Crippen LogP contribution < -0.4 is 5.32 Å². The molecule has 4 aromatic rings. The van der Waals surface area contributed by atoms with Gasteiger partial charge in [-0.25, -0.2) is 9.67 Å². The third-order valence-electron chi connectivity index (χ3n) is 3.83. The van der Waals surface area contributed by atoms with E-state index >= 15 is 0 Å². The minimum atomic E-state index is -0.401. The zero-order valence-electron chi connectivity index (χ0n) is 14.4. The van der Waals surface area contributed by atoms with Gasteiger partial charge >= 0.3 is 0 Å². The van der Waals surface area contributed by atoms with Crippen LogP contribution in [0, 0.1) is 0 Å². The molecule has 1 N–H and O–H groups in total. The highest BCUT2D eigenvalue weighted by atomic mass is 35.5. The van der Waals surface area contributed by atoms with E-state index in [0.29, 0.717) is 23.3 Å². The number of amides is 1. The molecule has 9 nitrogen and oxygen atoms in total. The fraction of sp³-hybridized carbons (Fsp3) is 0.118. The van der Waals surface area contributed by atoms with Gasteiger partial charge in [0.15, 0.2) is 5.69 Å². The average molecular weight is 417 g/mol. The van der Waals surface area contributed by atoms with Gasteiger partial charge in [-0.1, -0.05) is 29.3 Å². The van der Waals surface area contributed by atoms with Gasteiger partial charge in [0.05, 0.1) is 6.54 Å². The van der Waals surface area contributed by atoms with Crippen molar-refractivity contribution in [3.05, 3.63) is 76.6 Å². The number of halogens is 2. The number of hydrogen-bond acceptors (Lipinski definition) is 5. The van der Waals surface area contributed by atoms with Crippen LogP contribution in [0.25, 0.3) is 0 Å². The lowest BCUT2D eigenvalue weighted by molar-refractivity contribution is 0.102. The zero-order valence-corrected chi connectivity index (χ0v) is 15.9. The Balaban J connectivity index is 1.39. The molecule has 11 heteroatoms. The molecule has 0 fully saturated rings. The Morgan fingerprint density at radius 3 is 2.75 bits per heavy atom. The largest absolute Gasteiger partial charge is 0.288 e. The van der Waals surface area contributed by atoms with Crippen LogP contribution >= 0.6 is 23.2 Å². The summed E-state index contributed by atoms with van der Waals surface area (Å²) < 4.78 is 4.87. The van der Waals surface area contributed by atoms with Gasteiger partial charge in [0.25, 0.3) is 5.91 Å². The fourth-order valence-electron chi connectivity index (χ4n) is 2.51. The summed E-state index contributed by atoms with van der Waals surface area (Å²) in [6.45, 7) is 0.812. The van der Waals surface area contributed by atoms with E-state index in [1.165, 1.54) is 6.33 Å². The van der Waals surface area contributed by atoms with Crippen molar-refractivity contribution in [3.63, 3.8) is 0 Å². The van der Waals surface area contributed by atoms with Crippen molar-refractivity contribution >= 4 is 35.1 Å². The van der Waals surface area contributed by atoms with Crippen LogP contribution in [0.15, 0.2) is 55.2 Å². The monoisotopic (exact) mass is 416 g/mol. The molecule has 0 aliphatic rings. The van der Waals surface area contributed by atoms with Crippen LogP contribution in [-0.4, -0.2) is 40.2 Å². The van der Waals surface area contributed by atoms with Crippen molar-refractivity contribution in [1.29, 1.82) is 0 Å². The highest BCUT2D eigenvalue weighted by molar-refractivity contribution is 6.35. The van der Waals surface area contributed by atoms with Crippen molar-refractivity contribution in [2.75, 3.05) is 5.32 Å². The molecular weight excluding hydrogens is 403 g/mol. The Labute approximate surface area is 169 Å². The lowest BCUT2D eigenvalue weighted by atomic mass is 10.2. The number of rotatable bonds is 6. The van der Waals surface area contributed by atoms with E-state index in [-0.39, 0.29) is 11.6 Å². The molecule has 28 heavy (non-hydrogen) atoms. The Bertz CT molecular complexity index is 1100. The molecule has 4 rings (SSSR count). The molecule has 0 aliphatic heterocycles. The van der Waals surface area contributed by atoms with Crippen LogP contribution in [-0.2, 0) is 13.2 Å². The van der Waals surface area contributed by atoms with E-state index < -0.39 is 5.91 Å². The number of aromatic nitrogens is 7. The number of carbonyl (C=O) groups is 1. The summed E-state index contributed by atoms with van der Waals surface area (Å²) in [7, 11) is 0. The fourth-order valence-corrected chi connectivity index (χ4v) is 2.98. The van der Waals surface area contributed by atoms with Gasteiger partial charge < -0.3 is 0 Å². The molecule has 142 valence electrons. The highest BCUT2D eigenvalue weighted by Gasteiger charge is 2.13. The molecule has 1 amide bonds. The number of anilines is 1. The molecule has 0 radical (unpaired) electrons. The third-order valence-corrected chi connectivity index (χ3v) is 4.42. The van der Waals surface area contributed by atoms with Crippen LogP contribution in [0.5, 0.6) is 0 Å². The standard InChI is InChI=1S/C17H14Cl2N8O/c18-13-3-2-12(14(19)8-13)9-27-10-20-17(24-27)22-16(28)15-4-7-26(23-15)11-25-6-1-5-21-25/h1-8,10H,9,11H2,(H,22,24,28). The van der Waals surface area contributed by atoms with Gasteiger partial charge in [-0.15, -0.1) is 5.10 Å². The molecule has 0 aliphatic carbocycles. The van der Waals surface area contributed by atoms with E-state index in [4.69, 9.17) is 23.2 Å². The lowest BCUT2D eigenvalue weighted by Crippen LogP contribution is -2.16. The summed E-state index contributed by atoms with van der Waals surface area (Å²) in [5, 5.41) is 16.3. The Morgan fingerprint density at radius 1 is 1.07 bits per heavy atom. The first-order chi connectivity index (χ1) is 13.6. The molecular formula is C17H14Cl2N8O. The topological polar surface area (TPSA) is 95.5 Å². The highest BCUT2D eigenvalue weighted by Crippen LogP contribution is 2.21. The second-order valence-corrected chi connectivity index (χ2v) is 6.73. The van der Waals surface area contributed by atoms with Crippen LogP contribution in [0.3, 0.4) is 0 Å². The number of nitrogens with zero attached hydrogens (tertiary/aromatic N) is 7. The summed E-state index contributed by atoms with van der Waals surface area (Å²) in [4.78, 5) is 16.4. The first-order valence-electron chi connectivity index (χ1n) is 8.22. The van der Waals surface area contributed by atoms with E-state index in [2.05, 4.69) is 25.6 Å². The number of carbonyl (C=O) groups excluding carboxylic acids is 1. The molecule has 0 spiro atoms. The predicted molar refractivity (Wildman–Crippen MR) is 103 cm³/mol. The van der Waals surface area contributed by atoms with Gasteiger partial charge in [0, 0.05) is 28.6 Å². The van der Waals surface area contributed by atoms with Crippen molar-refractivity contribution < 1.29 is 4.79 Å². The minimum absolute atomic E-state index is 0.178. The maximum atomic E-state index is 12.4. The second-order valence-electron chi connectivity index (χ2n) is 5.88. The number of benzene rings is 1. The Morgan fingerprint density at radius 2 is 1.96 bits per heavy atom. The lowest BCUT2D eigenvalue weighted by Gasteiger charge is -2.04. The van der Waals surface area contributed by atoms with Crippen molar-refractivity contribution in [3.8, 4) is 0 Å². The first kappa shape index (κ1) is 18.2. The quantitative estimate of drug-likeness (QED) is 0.521. The smallest absolute Gasteiger partial charge is 0.278 e. The number of hydrogen-bond donors (Lipinski definition) is 1.